The molecule has 0 aliphatic rings. The van der Waals surface area contributed by atoms with Gasteiger partial charge in [-0.25, -0.2) is 0 Å². The molecule has 0 N–H and O–H groups in total. The van der Waals surface area contributed by atoms with E-state index in [9.17, 15) is 0 Å². The summed E-state index contributed by atoms with van der Waals surface area (Å²) in [5.41, 5.74) is 1.47. The molecule has 0 aliphatic heterocycles. The SMILES string of the molecule is COc1cc(C(C)(C)C)c2ccccc2c1. The Balaban J connectivity index is 2.79. The summed E-state index contributed by atoms with van der Waals surface area (Å²) in [6.45, 7) is 6.69. The van der Waals surface area contributed by atoms with Crippen molar-refractivity contribution in [1.82, 2.24) is 0 Å². The van der Waals surface area contributed by atoms with Gasteiger partial charge in [0.25, 0.3) is 0 Å². The largest absolute Gasteiger partial charge is 0.497 e. The van der Waals surface area contributed by atoms with Gasteiger partial charge in [-0.05, 0) is 33.9 Å². The van der Waals surface area contributed by atoms with Crippen LogP contribution >= 0.6 is 0 Å². The molecule has 0 fully saturated rings. The monoisotopic (exact) mass is 214 g/mol. The molecule has 2 aromatic carbocycles. The highest BCUT2D eigenvalue weighted by atomic mass is 16.5. The lowest BCUT2D eigenvalue weighted by molar-refractivity contribution is 0.413. The van der Waals surface area contributed by atoms with E-state index < -0.39 is 0 Å². The van der Waals surface area contributed by atoms with Crippen molar-refractivity contribution in [3.05, 3.63) is 42.0 Å². The topological polar surface area (TPSA) is 9.23 Å². The van der Waals surface area contributed by atoms with Crippen LogP contribution in [0.4, 0.5) is 0 Å². The molecule has 2 aromatic rings. The average molecular weight is 214 g/mol. The van der Waals surface area contributed by atoms with Crippen LogP contribution in [-0.4, -0.2) is 7.11 Å². The zero-order valence-electron chi connectivity index (χ0n) is 10.4. The molecule has 0 saturated heterocycles. The summed E-state index contributed by atoms with van der Waals surface area (Å²) in [7, 11) is 1.72. The van der Waals surface area contributed by atoms with Crippen molar-refractivity contribution >= 4 is 10.8 Å². The molecule has 0 bridgehead atoms. The van der Waals surface area contributed by atoms with Crippen LogP contribution in [0.3, 0.4) is 0 Å². The molecule has 0 aliphatic carbocycles. The van der Waals surface area contributed by atoms with Crippen LogP contribution in [0.1, 0.15) is 26.3 Å². The van der Waals surface area contributed by atoms with Gasteiger partial charge in [0.05, 0.1) is 7.11 Å². The van der Waals surface area contributed by atoms with Crippen LogP contribution < -0.4 is 4.74 Å². The lowest BCUT2D eigenvalue weighted by Crippen LogP contribution is -2.11. The predicted molar refractivity (Wildman–Crippen MR) is 69.2 cm³/mol. The molecule has 0 radical (unpaired) electrons. The summed E-state index contributed by atoms with van der Waals surface area (Å²) >= 11 is 0. The van der Waals surface area contributed by atoms with Crippen molar-refractivity contribution < 1.29 is 4.74 Å². The van der Waals surface area contributed by atoms with Crippen LogP contribution in [-0.2, 0) is 5.41 Å². The summed E-state index contributed by atoms with van der Waals surface area (Å²) in [4.78, 5) is 0. The molecule has 0 atom stereocenters. The predicted octanol–water partition coefficient (Wildman–Crippen LogP) is 4.15. The van der Waals surface area contributed by atoms with Gasteiger partial charge in [-0.1, -0.05) is 45.0 Å². The molecule has 1 nitrogen and oxygen atoms in total. The first-order valence-corrected chi connectivity index (χ1v) is 5.59. The maximum absolute atomic E-state index is 5.36. The number of fused-ring (bicyclic) bond motifs is 1. The highest BCUT2D eigenvalue weighted by molar-refractivity contribution is 5.88. The molecule has 0 amide bonds. The van der Waals surface area contributed by atoms with Crippen molar-refractivity contribution in [3.8, 4) is 5.75 Å². The maximum Gasteiger partial charge on any atom is 0.119 e. The number of rotatable bonds is 1. The average Bonchev–Trinajstić information content (AvgIpc) is 2.26. The summed E-state index contributed by atoms with van der Waals surface area (Å²) in [6, 6.07) is 12.7. The fraction of sp³-hybridized carbons (Fsp3) is 0.333. The Kier molecular flexibility index (Phi) is 2.63. The third-order valence-electron chi connectivity index (χ3n) is 2.88. The first-order chi connectivity index (χ1) is 7.52. The molecule has 84 valence electrons. The van der Waals surface area contributed by atoms with Crippen LogP contribution in [0.25, 0.3) is 10.8 Å². The third-order valence-corrected chi connectivity index (χ3v) is 2.88. The number of methoxy groups -OCH3 is 1. The number of ether oxygens (including phenoxy) is 1. The molecule has 0 aromatic heterocycles. The van der Waals surface area contributed by atoms with Crippen molar-refractivity contribution in [2.75, 3.05) is 7.11 Å². The van der Waals surface area contributed by atoms with E-state index in [1.54, 1.807) is 7.11 Å². The Morgan fingerprint density at radius 3 is 2.31 bits per heavy atom. The number of benzene rings is 2. The lowest BCUT2D eigenvalue weighted by atomic mass is 9.83. The quantitative estimate of drug-likeness (QED) is 0.693. The van der Waals surface area contributed by atoms with Crippen LogP contribution in [0, 0.1) is 0 Å². The summed E-state index contributed by atoms with van der Waals surface area (Å²) < 4.78 is 5.36. The number of hydrogen-bond acceptors (Lipinski definition) is 1. The Hall–Kier alpha value is -1.50. The van der Waals surface area contributed by atoms with Gasteiger partial charge in [0.1, 0.15) is 5.75 Å². The fourth-order valence-corrected chi connectivity index (χ4v) is 2.02. The van der Waals surface area contributed by atoms with E-state index in [1.165, 1.54) is 16.3 Å². The molecule has 2 rings (SSSR count). The molecule has 16 heavy (non-hydrogen) atoms. The minimum absolute atomic E-state index is 0.133. The standard InChI is InChI=1S/C15H18O/c1-15(2,3)14-10-12(16-4)9-11-7-5-6-8-13(11)14/h5-10H,1-4H3. The first-order valence-electron chi connectivity index (χ1n) is 5.59. The van der Waals surface area contributed by atoms with Gasteiger partial charge >= 0.3 is 0 Å². The summed E-state index contributed by atoms with van der Waals surface area (Å²) in [5, 5.41) is 2.56. The normalized spacial score (nSPS) is 11.8. The van der Waals surface area contributed by atoms with Gasteiger partial charge in [0.2, 0.25) is 0 Å². The Labute approximate surface area is 97.1 Å². The Morgan fingerprint density at radius 1 is 1.00 bits per heavy atom. The van der Waals surface area contributed by atoms with Gasteiger partial charge in [-0.2, -0.15) is 0 Å². The van der Waals surface area contributed by atoms with Crippen molar-refractivity contribution in [3.63, 3.8) is 0 Å². The second-order valence-electron chi connectivity index (χ2n) is 5.15. The van der Waals surface area contributed by atoms with E-state index in [4.69, 9.17) is 4.74 Å². The lowest BCUT2D eigenvalue weighted by Gasteiger charge is -2.22. The van der Waals surface area contributed by atoms with Crippen LogP contribution in [0.15, 0.2) is 36.4 Å². The van der Waals surface area contributed by atoms with E-state index in [1.807, 2.05) is 0 Å². The van der Waals surface area contributed by atoms with E-state index in [-0.39, 0.29) is 5.41 Å². The van der Waals surface area contributed by atoms with Gasteiger partial charge in [0, 0.05) is 0 Å². The zero-order chi connectivity index (χ0) is 11.8. The summed E-state index contributed by atoms with van der Waals surface area (Å²) in [5.74, 6) is 0.934. The van der Waals surface area contributed by atoms with Crippen molar-refractivity contribution in [2.45, 2.75) is 26.2 Å². The molecule has 0 heterocycles. The summed E-state index contributed by atoms with van der Waals surface area (Å²) in [6.07, 6.45) is 0. The second-order valence-corrected chi connectivity index (χ2v) is 5.15. The van der Waals surface area contributed by atoms with Crippen LogP contribution in [0.5, 0.6) is 5.75 Å². The molecular formula is C15H18O. The second kappa shape index (κ2) is 3.82. The zero-order valence-corrected chi connectivity index (χ0v) is 10.4. The van der Waals surface area contributed by atoms with E-state index in [2.05, 4.69) is 57.2 Å². The van der Waals surface area contributed by atoms with Crippen LogP contribution in [0.2, 0.25) is 0 Å². The molecule has 0 unspecified atom stereocenters. The Bertz CT molecular complexity index is 506. The van der Waals surface area contributed by atoms with Gasteiger partial charge in [-0.15, -0.1) is 0 Å². The highest BCUT2D eigenvalue weighted by Gasteiger charge is 2.17. The third kappa shape index (κ3) is 1.90. The Morgan fingerprint density at radius 2 is 1.69 bits per heavy atom. The van der Waals surface area contributed by atoms with E-state index in [0.29, 0.717) is 0 Å². The minimum atomic E-state index is 0.133. The van der Waals surface area contributed by atoms with Crippen molar-refractivity contribution in [1.29, 1.82) is 0 Å². The molecule has 1 heteroatoms. The first kappa shape index (κ1) is 11.0. The highest BCUT2D eigenvalue weighted by Crippen LogP contribution is 2.33. The molecule has 0 spiro atoms. The molecule has 0 saturated carbocycles. The van der Waals surface area contributed by atoms with E-state index >= 15 is 0 Å². The fourth-order valence-electron chi connectivity index (χ4n) is 2.02. The number of hydrogen-bond donors (Lipinski definition) is 0. The smallest absolute Gasteiger partial charge is 0.119 e. The van der Waals surface area contributed by atoms with Gasteiger partial charge < -0.3 is 4.74 Å². The molecular weight excluding hydrogens is 196 g/mol. The van der Waals surface area contributed by atoms with Gasteiger partial charge in [0.15, 0.2) is 0 Å². The van der Waals surface area contributed by atoms with Gasteiger partial charge in [-0.3, -0.25) is 0 Å². The van der Waals surface area contributed by atoms with E-state index in [0.717, 1.165) is 5.75 Å². The maximum atomic E-state index is 5.36. The minimum Gasteiger partial charge on any atom is -0.497 e. The van der Waals surface area contributed by atoms with Crippen molar-refractivity contribution in [2.24, 2.45) is 0 Å².